The molecule has 1 fully saturated rings. The lowest BCUT2D eigenvalue weighted by atomic mass is 10.2. The Labute approximate surface area is 118 Å². The van der Waals surface area contributed by atoms with Gasteiger partial charge < -0.3 is 10.4 Å². The van der Waals surface area contributed by atoms with Crippen molar-refractivity contribution in [2.75, 3.05) is 11.4 Å². The Morgan fingerprint density at radius 2 is 1.85 bits per heavy atom. The van der Waals surface area contributed by atoms with Gasteiger partial charge in [-0.1, -0.05) is 30.5 Å². The van der Waals surface area contributed by atoms with Crippen LogP contribution in [-0.2, 0) is 4.79 Å². The quantitative estimate of drug-likeness (QED) is 0.887. The number of aliphatic carboxylic acids is 1. The number of carbonyl (C=O) groups excluding carboxylic acids is 1. The van der Waals surface area contributed by atoms with E-state index in [1.165, 1.54) is 4.90 Å². The molecule has 5 nitrogen and oxygen atoms in total. The van der Waals surface area contributed by atoms with E-state index in [2.05, 4.69) is 5.32 Å². The molecule has 5 heteroatoms. The minimum Gasteiger partial charge on any atom is -0.480 e. The normalized spacial score (nSPS) is 15.1. The maximum atomic E-state index is 12.3. The van der Waals surface area contributed by atoms with Crippen molar-refractivity contribution in [3.63, 3.8) is 0 Å². The van der Waals surface area contributed by atoms with Crippen LogP contribution in [0.5, 0.6) is 0 Å². The smallest absolute Gasteiger partial charge is 0.323 e. The summed E-state index contributed by atoms with van der Waals surface area (Å²) in [5, 5.41) is 11.9. The lowest BCUT2D eigenvalue weighted by Gasteiger charge is -2.23. The van der Waals surface area contributed by atoms with Crippen LogP contribution in [0.1, 0.15) is 31.2 Å². The third-order valence-electron chi connectivity index (χ3n) is 3.57. The molecule has 0 bridgehead atoms. The van der Waals surface area contributed by atoms with Crippen molar-refractivity contribution in [3.05, 3.63) is 29.8 Å². The van der Waals surface area contributed by atoms with Crippen molar-refractivity contribution in [1.29, 1.82) is 0 Å². The van der Waals surface area contributed by atoms with Crippen LogP contribution in [0.4, 0.5) is 10.5 Å². The van der Waals surface area contributed by atoms with E-state index in [1.807, 2.05) is 19.1 Å². The number of nitrogens with one attached hydrogen (secondary N) is 1. The second-order valence-electron chi connectivity index (χ2n) is 5.25. The number of aryl methyl sites for hydroxylation is 1. The summed E-state index contributed by atoms with van der Waals surface area (Å²) in [6.45, 7) is 1.62. The van der Waals surface area contributed by atoms with Crippen molar-refractivity contribution in [2.24, 2.45) is 0 Å². The van der Waals surface area contributed by atoms with Gasteiger partial charge in [-0.2, -0.15) is 0 Å². The molecule has 108 valence electrons. The van der Waals surface area contributed by atoms with Crippen LogP contribution in [0.25, 0.3) is 0 Å². The van der Waals surface area contributed by atoms with Crippen molar-refractivity contribution >= 4 is 17.7 Å². The van der Waals surface area contributed by atoms with Crippen LogP contribution in [0.2, 0.25) is 0 Å². The molecule has 0 spiro atoms. The molecule has 0 aliphatic heterocycles. The molecule has 2 rings (SSSR count). The van der Waals surface area contributed by atoms with Crippen LogP contribution >= 0.6 is 0 Å². The van der Waals surface area contributed by atoms with Gasteiger partial charge in [-0.3, -0.25) is 9.69 Å². The minimum atomic E-state index is -1.02. The predicted octanol–water partition coefficient (Wildman–Crippen LogP) is 2.54. The molecule has 0 radical (unpaired) electrons. The number of carboxylic acid groups (broad SMARTS) is 1. The first kappa shape index (κ1) is 14.4. The van der Waals surface area contributed by atoms with Gasteiger partial charge in [-0.05, 0) is 31.9 Å². The Kier molecular flexibility index (Phi) is 4.61. The third-order valence-corrected chi connectivity index (χ3v) is 3.57. The highest BCUT2D eigenvalue weighted by atomic mass is 16.4. The molecule has 2 amide bonds. The highest BCUT2D eigenvalue weighted by Crippen LogP contribution is 2.20. The molecule has 0 heterocycles. The average Bonchev–Trinajstić information content (AvgIpc) is 2.89. The first-order valence-electron chi connectivity index (χ1n) is 6.93. The van der Waals surface area contributed by atoms with Crippen LogP contribution in [0, 0.1) is 6.92 Å². The molecule has 1 aromatic carbocycles. The standard InChI is InChI=1S/C15H20N2O3/c1-11-6-8-13(9-7-11)17(10-14(18)19)15(20)16-12-4-2-3-5-12/h6-9,12H,2-5,10H2,1H3,(H,16,20)(H,18,19). The van der Waals surface area contributed by atoms with E-state index < -0.39 is 5.97 Å². The van der Waals surface area contributed by atoms with Crippen molar-refractivity contribution in [2.45, 2.75) is 38.6 Å². The highest BCUT2D eigenvalue weighted by molar-refractivity contribution is 5.96. The summed E-state index contributed by atoms with van der Waals surface area (Å²) in [5.74, 6) is -1.02. The summed E-state index contributed by atoms with van der Waals surface area (Å²) in [6, 6.07) is 7.12. The number of hydrogen-bond acceptors (Lipinski definition) is 2. The van der Waals surface area contributed by atoms with Gasteiger partial charge in [-0.25, -0.2) is 4.79 Å². The van der Waals surface area contributed by atoms with E-state index in [9.17, 15) is 9.59 Å². The van der Waals surface area contributed by atoms with E-state index in [1.54, 1.807) is 12.1 Å². The second-order valence-corrected chi connectivity index (χ2v) is 5.25. The number of benzene rings is 1. The fourth-order valence-electron chi connectivity index (χ4n) is 2.46. The summed E-state index contributed by atoms with van der Waals surface area (Å²) in [6.07, 6.45) is 4.18. The first-order valence-corrected chi connectivity index (χ1v) is 6.93. The van der Waals surface area contributed by atoms with Crippen molar-refractivity contribution in [1.82, 2.24) is 5.32 Å². The molecule has 0 atom stereocenters. The zero-order valence-corrected chi connectivity index (χ0v) is 11.6. The Balaban J connectivity index is 2.11. The number of anilines is 1. The zero-order chi connectivity index (χ0) is 14.5. The first-order chi connectivity index (χ1) is 9.56. The Morgan fingerprint density at radius 3 is 2.40 bits per heavy atom. The lowest BCUT2D eigenvalue weighted by molar-refractivity contribution is -0.135. The number of carbonyl (C=O) groups is 2. The summed E-state index contributed by atoms with van der Waals surface area (Å²) in [5.41, 5.74) is 1.67. The van der Waals surface area contributed by atoms with Gasteiger partial charge in [0, 0.05) is 11.7 Å². The predicted molar refractivity (Wildman–Crippen MR) is 76.9 cm³/mol. The maximum absolute atomic E-state index is 12.3. The van der Waals surface area contributed by atoms with E-state index >= 15 is 0 Å². The summed E-state index contributed by atoms with van der Waals surface area (Å²) in [4.78, 5) is 24.5. The molecule has 0 unspecified atom stereocenters. The molecule has 2 N–H and O–H groups in total. The van der Waals surface area contributed by atoms with Gasteiger partial charge in [-0.15, -0.1) is 0 Å². The Morgan fingerprint density at radius 1 is 1.25 bits per heavy atom. The van der Waals surface area contributed by atoms with E-state index in [0.717, 1.165) is 31.2 Å². The van der Waals surface area contributed by atoms with Gasteiger partial charge in [0.25, 0.3) is 0 Å². The number of carboxylic acids is 1. The SMILES string of the molecule is Cc1ccc(N(CC(=O)O)C(=O)NC2CCCC2)cc1. The molecule has 0 saturated heterocycles. The fourth-order valence-corrected chi connectivity index (χ4v) is 2.46. The van der Waals surface area contributed by atoms with Gasteiger partial charge in [0.1, 0.15) is 6.54 Å². The largest absolute Gasteiger partial charge is 0.480 e. The number of nitrogens with zero attached hydrogens (tertiary/aromatic N) is 1. The number of amides is 2. The number of hydrogen-bond donors (Lipinski definition) is 2. The molecule has 20 heavy (non-hydrogen) atoms. The van der Waals surface area contributed by atoms with Crippen LogP contribution in [-0.4, -0.2) is 29.7 Å². The summed E-state index contributed by atoms with van der Waals surface area (Å²) in [7, 11) is 0. The lowest BCUT2D eigenvalue weighted by Crippen LogP contribution is -2.46. The molecule has 1 aliphatic carbocycles. The molecule has 1 aliphatic rings. The second kappa shape index (κ2) is 6.41. The Bertz CT molecular complexity index is 478. The fraction of sp³-hybridized carbons (Fsp3) is 0.467. The van der Waals surface area contributed by atoms with Crippen molar-refractivity contribution in [3.8, 4) is 0 Å². The molecule has 1 saturated carbocycles. The summed E-state index contributed by atoms with van der Waals surface area (Å²) < 4.78 is 0. The number of rotatable bonds is 4. The van der Waals surface area contributed by atoms with Gasteiger partial charge >= 0.3 is 12.0 Å². The van der Waals surface area contributed by atoms with Gasteiger partial charge in [0.2, 0.25) is 0 Å². The minimum absolute atomic E-state index is 0.171. The zero-order valence-electron chi connectivity index (χ0n) is 11.6. The van der Waals surface area contributed by atoms with Crippen LogP contribution < -0.4 is 10.2 Å². The van der Waals surface area contributed by atoms with Gasteiger partial charge in [0.15, 0.2) is 0 Å². The average molecular weight is 276 g/mol. The topological polar surface area (TPSA) is 69.6 Å². The molecule has 0 aromatic heterocycles. The molecular formula is C15H20N2O3. The summed E-state index contributed by atoms with van der Waals surface area (Å²) >= 11 is 0. The van der Waals surface area contributed by atoms with E-state index in [-0.39, 0.29) is 18.6 Å². The Hall–Kier alpha value is -2.04. The molecule has 1 aromatic rings. The van der Waals surface area contributed by atoms with Gasteiger partial charge in [0.05, 0.1) is 0 Å². The maximum Gasteiger partial charge on any atom is 0.323 e. The molecular weight excluding hydrogens is 256 g/mol. The van der Waals surface area contributed by atoms with Crippen LogP contribution in [0.15, 0.2) is 24.3 Å². The van der Waals surface area contributed by atoms with E-state index in [4.69, 9.17) is 5.11 Å². The number of urea groups is 1. The van der Waals surface area contributed by atoms with E-state index in [0.29, 0.717) is 5.69 Å². The third kappa shape index (κ3) is 3.73. The van der Waals surface area contributed by atoms with Crippen molar-refractivity contribution < 1.29 is 14.7 Å². The highest BCUT2D eigenvalue weighted by Gasteiger charge is 2.23. The van der Waals surface area contributed by atoms with Crippen LogP contribution in [0.3, 0.4) is 0 Å². The monoisotopic (exact) mass is 276 g/mol.